The SMILES string of the molecule is O=C(C1CCOC1)N1CCN(C/C=C/c2ccccc2)CC1. The standard InChI is InChI=1S/C18H24N2O2/c21-18(17-8-14-22-15-17)20-12-10-19(11-13-20)9-4-7-16-5-2-1-3-6-16/h1-7,17H,8-15H2/b7-4+. The molecule has 1 atom stereocenters. The van der Waals surface area contributed by atoms with Crippen LogP contribution in [0, 0.1) is 5.92 Å². The summed E-state index contributed by atoms with van der Waals surface area (Å²) in [6, 6.07) is 10.4. The van der Waals surface area contributed by atoms with E-state index < -0.39 is 0 Å². The maximum Gasteiger partial charge on any atom is 0.228 e. The Kier molecular flexibility index (Phi) is 5.24. The van der Waals surface area contributed by atoms with Crippen LogP contribution in [-0.4, -0.2) is 61.6 Å². The second kappa shape index (κ2) is 7.56. The highest BCUT2D eigenvalue weighted by Crippen LogP contribution is 2.16. The Bertz CT molecular complexity index is 501. The van der Waals surface area contributed by atoms with E-state index in [2.05, 4.69) is 41.3 Å². The fourth-order valence-electron chi connectivity index (χ4n) is 3.04. The van der Waals surface area contributed by atoms with E-state index in [1.54, 1.807) is 0 Å². The van der Waals surface area contributed by atoms with Crippen LogP contribution in [0.2, 0.25) is 0 Å². The maximum absolute atomic E-state index is 12.3. The summed E-state index contributed by atoms with van der Waals surface area (Å²) in [6.45, 7) is 5.89. The van der Waals surface area contributed by atoms with Crippen LogP contribution in [0.5, 0.6) is 0 Å². The summed E-state index contributed by atoms with van der Waals surface area (Å²) in [4.78, 5) is 16.7. The largest absolute Gasteiger partial charge is 0.381 e. The van der Waals surface area contributed by atoms with Crippen LogP contribution in [0.15, 0.2) is 36.4 Å². The average Bonchev–Trinajstić information content (AvgIpc) is 3.10. The zero-order valence-electron chi connectivity index (χ0n) is 13.0. The van der Waals surface area contributed by atoms with Crippen LogP contribution in [0.4, 0.5) is 0 Å². The molecule has 2 fully saturated rings. The van der Waals surface area contributed by atoms with Crippen LogP contribution in [-0.2, 0) is 9.53 Å². The highest BCUT2D eigenvalue weighted by atomic mass is 16.5. The predicted octanol–water partition coefficient (Wildman–Crippen LogP) is 1.88. The molecular weight excluding hydrogens is 276 g/mol. The molecule has 0 N–H and O–H groups in total. The van der Waals surface area contributed by atoms with Gasteiger partial charge in [-0.25, -0.2) is 0 Å². The maximum atomic E-state index is 12.3. The Morgan fingerprint density at radius 3 is 2.64 bits per heavy atom. The molecule has 3 rings (SSSR count). The molecule has 0 aromatic heterocycles. The van der Waals surface area contributed by atoms with Crippen molar-refractivity contribution in [3.05, 3.63) is 42.0 Å². The molecule has 1 aromatic rings. The summed E-state index contributed by atoms with van der Waals surface area (Å²) in [5, 5.41) is 0. The van der Waals surface area contributed by atoms with Gasteiger partial charge in [-0.05, 0) is 12.0 Å². The smallest absolute Gasteiger partial charge is 0.228 e. The summed E-state index contributed by atoms with van der Waals surface area (Å²) in [5.41, 5.74) is 1.23. The summed E-state index contributed by atoms with van der Waals surface area (Å²) >= 11 is 0. The molecule has 0 radical (unpaired) electrons. The van der Waals surface area contributed by atoms with Crippen molar-refractivity contribution in [1.29, 1.82) is 0 Å². The van der Waals surface area contributed by atoms with Gasteiger partial charge in [0.25, 0.3) is 0 Å². The van der Waals surface area contributed by atoms with Gasteiger partial charge >= 0.3 is 0 Å². The summed E-state index contributed by atoms with van der Waals surface area (Å²) in [6.07, 6.45) is 5.25. The first-order valence-corrected chi connectivity index (χ1v) is 8.13. The van der Waals surface area contributed by atoms with Crippen molar-refractivity contribution < 1.29 is 9.53 Å². The van der Waals surface area contributed by atoms with Gasteiger partial charge in [0.15, 0.2) is 0 Å². The lowest BCUT2D eigenvalue weighted by Crippen LogP contribution is -2.50. The molecule has 1 unspecified atom stereocenters. The summed E-state index contributed by atoms with van der Waals surface area (Å²) in [7, 11) is 0. The van der Waals surface area contributed by atoms with Gasteiger partial charge in [0.05, 0.1) is 12.5 Å². The second-order valence-electron chi connectivity index (χ2n) is 6.00. The van der Waals surface area contributed by atoms with E-state index in [0.29, 0.717) is 6.61 Å². The zero-order chi connectivity index (χ0) is 15.2. The number of nitrogens with zero attached hydrogens (tertiary/aromatic N) is 2. The van der Waals surface area contributed by atoms with Crippen molar-refractivity contribution in [2.24, 2.45) is 5.92 Å². The van der Waals surface area contributed by atoms with E-state index in [-0.39, 0.29) is 11.8 Å². The van der Waals surface area contributed by atoms with Gasteiger partial charge in [0, 0.05) is 39.3 Å². The number of rotatable bonds is 4. The van der Waals surface area contributed by atoms with Gasteiger partial charge < -0.3 is 9.64 Å². The number of piperazine rings is 1. The van der Waals surface area contributed by atoms with Gasteiger partial charge in [-0.2, -0.15) is 0 Å². The quantitative estimate of drug-likeness (QED) is 0.851. The van der Waals surface area contributed by atoms with E-state index in [1.807, 2.05) is 11.0 Å². The van der Waals surface area contributed by atoms with Gasteiger partial charge in [-0.3, -0.25) is 9.69 Å². The number of carbonyl (C=O) groups excluding carboxylic acids is 1. The molecule has 4 nitrogen and oxygen atoms in total. The highest BCUT2D eigenvalue weighted by Gasteiger charge is 2.29. The number of benzene rings is 1. The number of carbonyl (C=O) groups is 1. The predicted molar refractivity (Wildman–Crippen MR) is 87.4 cm³/mol. The topological polar surface area (TPSA) is 32.8 Å². The van der Waals surface area contributed by atoms with Crippen molar-refractivity contribution >= 4 is 12.0 Å². The number of ether oxygens (including phenoxy) is 1. The monoisotopic (exact) mass is 300 g/mol. The van der Waals surface area contributed by atoms with Crippen LogP contribution in [0.25, 0.3) is 6.08 Å². The number of hydrogen-bond donors (Lipinski definition) is 0. The molecule has 4 heteroatoms. The Morgan fingerprint density at radius 1 is 1.18 bits per heavy atom. The van der Waals surface area contributed by atoms with Crippen molar-refractivity contribution in [3.8, 4) is 0 Å². The van der Waals surface area contributed by atoms with E-state index in [0.717, 1.165) is 45.8 Å². The highest BCUT2D eigenvalue weighted by molar-refractivity contribution is 5.79. The van der Waals surface area contributed by atoms with Gasteiger partial charge in [0.2, 0.25) is 5.91 Å². The first-order valence-electron chi connectivity index (χ1n) is 8.13. The van der Waals surface area contributed by atoms with Crippen LogP contribution >= 0.6 is 0 Å². The zero-order valence-corrected chi connectivity index (χ0v) is 13.0. The Labute approximate surface area is 132 Å². The fraction of sp³-hybridized carbons (Fsp3) is 0.500. The van der Waals surface area contributed by atoms with Crippen molar-refractivity contribution in [2.45, 2.75) is 6.42 Å². The lowest BCUT2D eigenvalue weighted by molar-refractivity contribution is -0.137. The molecule has 0 aliphatic carbocycles. The molecule has 2 saturated heterocycles. The molecule has 1 amide bonds. The third-order valence-electron chi connectivity index (χ3n) is 4.44. The van der Waals surface area contributed by atoms with Crippen molar-refractivity contribution in [2.75, 3.05) is 45.9 Å². The van der Waals surface area contributed by atoms with Crippen molar-refractivity contribution in [3.63, 3.8) is 0 Å². The van der Waals surface area contributed by atoms with E-state index in [4.69, 9.17) is 4.74 Å². The third kappa shape index (κ3) is 3.96. The molecule has 2 heterocycles. The molecule has 22 heavy (non-hydrogen) atoms. The molecule has 2 aliphatic rings. The summed E-state index contributed by atoms with van der Waals surface area (Å²) < 4.78 is 5.32. The number of hydrogen-bond acceptors (Lipinski definition) is 3. The lowest BCUT2D eigenvalue weighted by Gasteiger charge is -2.35. The minimum atomic E-state index is 0.101. The van der Waals surface area contributed by atoms with Gasteiger partial charge in [0.1, 0.15) is 0 Å². The first kappa shape index (κ1) is 15.3. The molecule has 0 bridgehead atoms. The van der Waals surface area contributed by atoms with Crippen LogP contribution < -0.4 is 0 Å². The normalized spacial score (nSPS) is 23.3. The first-order chi connectivity index (χ1) is 10.8. The van der Waals surface area contributed by atoms with E-state index >= 15 is 0 Å². The lowest BCUT2D eigenvalue weighted by atomic mass is 10.1. The van der Waals surface area contributed by atoms with E-state index in [1.165, 1.54) is 5.56 Å². The average molecular weight is 300 g/mol. The number of amides is 1. The molecule has 0 spiro atoms. The minimum absolute atomic E-state index is 0.101. The second-order valence-corrected chi connectivity index (χ2v) is 6.00. The minimum Gasteiger partial charge on any atom is -0.381 e. The van der Waals surface area contributed by atoms with Gasteiger partial charge in [-0.15, -0.1) is 0 Å². The molecule has 1 aromatic carbocycles. The fourth-order valence-corrected chi connectivity index (χ4v) is 3.04. The van der Waals surface area contributed by atoms with Crippen LogP contribution in [0.1, 0.15) is 12.0 Å². The Morgan fingerprint density at radius 2 is 1.95 bits per heavy atom. The van der Waals surface area contributed by atoms with Crippen LogP contribution in [0.3, 0.4) is 0 Å². The van der Waals surface area contributed by atoms with Crippen molar-refractivity contribution in [1.82, 2.24) is 9.80 Å². The summed E-state index contributed by atoms with van der Waals surface area (Å²) in [5.74, 6) is 0.390. The molecule has 0 saturated carbocycles. The van der Waals surface area contributed by atoms with Gasteiger partial charge in [-0.1, -0.05) is 42.5 Å². The molecule has 2 aliphatic heterocycles. The Hall–Kier alpha value is -1.65. The Balaban J connectivity index is 1.42. The third-order valence-corrected chi connectivity index (χ3v) is 4.44. The molecular formula is C18H24N2O2. The van der Waals surface area contributed by atoms with E-state index in [9.17, 15) is 4.79 Å². The molecule has 118 valence electrons.